The summed E-state index contributed by atoms with van der Waals surface area (Å²) < 4.78 is 0. The summed E-state index contributed by atoms with van der Waals surface area (Å²) in [6, 6.07) is 1.75. The van der Waals surface area contributed by atoms with E-state index in [4.69, 9.17) is 11.6 Å². The van der Waals surface area contributed by atoms with Gasteiger partial charge in [-0.3, -0.25) is 0 Å². The topological polar surface area (TPSA) is 41.0 Å². The van der Waals surface area contributed by atoms with E-state index in [1.165, 1.54) is 38.7 Å². The van der Waals surface area contributed by atoms with Crippen LogP contribution in [0, 0.1) is 0 Å². The van der Waals surface area contributed by atoms with E-state index in [1.807, 2.05) is 0 Å². The molecule has 88 valence electrons. The number of halogens is 1. The molecule has 0 spiro atoms. The summed E-state index contributed by atoms with van der Waals surface area (Å²) in [5, 5.41) is 3.74. The van der Waals surface area contributed by atoms with Crippen LogP contribution in [-0.4, -0.2) is 41.0 Å². The third-order valence-corrected chi connectivity index (χ3v) is 3.02. The van der Waals surface area contributed by atoms with Crippen molar-refractivity contribution in [3.05, 3.63) is 17.5 Å². The van der Waals surface area contributed by atoms with Gasteiger partial charge in [0.15, 0.2) is 0 Å². The monoisotopic (exact) mass is 240 g/mol. The van der Waals surface area contributed by atoms with Crippen LogP contribution in [-0.2, 0) is 0 Å². The molecule has 1 fully saturated rings. The Morgan fingerprint density at radius 1 is 1.25 bits per heavy atom. The summed E-state index contributed by atoms with van der Waals surface area (Å²) >= 11 is 5.77. The molecule has 0 amide bonds. The van der Waals surface area contributed by atoms with Crippen molar-refractivity contribution in [2.24, 2.45) is 0 Å². The lowest BCUT2D eigenvalue weighted by atomic mass is 10.1. The van der Waals surface area contributed by atoms with Gasteiger partial charge in [0.1, 0.15) is 17.3 Å². The molecule has 0 saturated carbocycles. The van der Waals surface area contributed by atoms with Gasteiger partial charge in [0.05, 0.1) is 0 Å². The number of nitrogens with one attached hydrogen (secondary N) is 1. The molecule has 1 saturated heterocycles. The van der Waals surface area contributed by atoms with Crippen LogP contribution in [0.2, 0.25) is 5.15 Å². The zero-order valence-electron chi connectivity index (χ0n) is 9.32. The molecule has 1 aromatic heterocycles. The van der Waals surface area contributed by atoms with Crippen LogP contribution in [0.3, 0.4) is 0 Å². The third-order valence-electron chi connectivity index (χ3n) is 2.82. The molecule has 0 aromatic carbocycles. The highest BCUT2D eigenvalue weighted by molar-refractivity contribution is 6.29. The first kappa shape index (κ1) is 11.6. The van der Waals surface area contributed by atoms with Gasteiger partial charge in [0, 0.05) is 19.2 Å². The summed E-state index contributed by atoms with van der Waals surface area (Å²) in [5.41, 5.74) is 0. The molecule has 2 rings (SSSR count). The van der Waals surface area contributed by atoms with E-state index in [9.17, 15) is 0 Å². The van der Waals surface area contributed by atoms with Crippen molar-refractivity contribution in [3.8, 4) is 0 Å². The van der Waals surface area contributed by atoms with Crippen LogP contribution in [0.4, 0.5) is 5.82 Å². The fourth-order valence-corrected chi connectivity index (χ4v) is 2.10. The van der Waals surface area contributed by atoms with E-state index < -0.39 is 0 Å². The summed E-state index contributed by atoms with van der Waals surface area (Å²) in [5.74, 6) is 0.803. The largest absolute Gasteiger partial charge is 0.369 e. The molecule has 1 aliphatic rings. The van der Waals surface area contributed by atoms with Crippen molar-refractivity contribution in [1.82, 2.24) is 14.9 Å². The summed E-state index contributed by atoms with van der Waals surface area (Å²) in [4.78, 5) is 10.4. The van der Waals surface area contributed by atoms with E-state index >= 15 is 0 Å². The smallest absolute Gasteiger partial charge is 0.134 e. The number of piperidine rings is 1. The highest BCUT2D eigenvalue weighted by atomic mass is 35.5. The molecule has 4 nitrogen and oxygen atoms in total. The molecule has 0 radical (unpaired) electrons. The minimum Gasteiger partial charge on any atom is -0.369 e. The van der Waals surface area contributed by atoms with Gasteiger partial charge < -0.3 is 10.2 Å². The maximum absolute atomic E-state index is 5.77. The Balaban J connectivity index is 1.71. The van der Waals surface area contributed by atoms with Crippen molar-refractivity contribution in [3.63, 3.8) is 0 Å². The molecule has 0 aliphatic carbocycles. The maximum Gasteiger partial charge on any atom is 0.134 e. The van der Waals surface area contributed by atoms with Gasteiger partial charge in [-0.05, 0) is 25.9 Å². The predicted molar refractivity (Wildman–Crippen MR) is 65.8 cm³/mol. The Morgan fingerprint density at radius 3 is 2.81 bits per heavy atom. The molecule has 5 heteroatoms. The molecule has 16 heavy (non-hydrogen) atoms. The fourth-order valence-electron chi connectivity index (χ4n) is 1.96. The molecule has 0 unspecified atom stereocenters. The molecule has 0 atom stereocenters. The summed E-state index contributed by atoms with van der Waals surface area (Å²) in [6.45, 7) is 4.44. The summed E-state index contributed by atoms with van der Waals surface area (Å²) in [7, 11) is 0. The van der Waals surface area contributed by atoms with Gasteiger partial charge in [-0.1, -0.05) is 18.0 Å². The van der Waals surface area contributed by atoms with Crippen LogP contribution < -0.4 is 5.32 Å². The number of hydrogen-bond acceptors (Lipinski definition) is 4. The highest BCUT2D eigenvalue weighted by Gasteiger charge is 2.08. The molecule has 0 bridgehead atoms. The predicted octanol–water partition coefficient (Wildman–Crippen LogP) is 2.03. The molecular weight excluding hydrogens is 224 g/mol. The van der Waals surface area contributed by atoms with Gasteiger partial charge in [0.2, 0.25) is 0 Å². The second kappa shape index (κ2) is 6.01. The van der Waals surface area contributed by atoms with E-state index in [0.717, 1.165) is 18.9 Å². The van der Waals surface area contributed by atoms with Crippen molar-refractivity contribution >= 4 is 17.4 Å². The van der Waals surface area contributed by atoms with E-state index in [0.29, 0.717) is 5.15 Å². The van der Waals surface area contributed by atoms with Crippen molar-refractivity contribution in [1.29, 1.82) is 0 Å². The average molecular weight is 241 g/mol. The van der Waals surface area contributed by atoms with E-state index in [2.05, 4.69) is 20.2 Å². The highest BCUT2D eigenvalue weighted by Crippen LogP contribution is 2.10. The minimum atomic E-state index is 0.482. The van der Waals surface area contributed by atoms with E-state index in [1.54, 1.807) is 6.07 Å². The molecule has 1 N–H and O–H groups in total. The summed E-state index contributed by atoms with van der Waals surface area (Å²) in [6.07, 6.45) is 5.52. The average Bonchev–Trinajstić information content (AvgIpc) is 2.30. The zero-order valence-corrected chi connectivity index (χ0v) is 10.1. The lowest BCUT2D eigenvalue weighted by molar-refractivity contribution is 0.237. The number of nitrogens with zero attached hydrogens (tertiary/aromatic N) is 3. The Kier molecular flexibility index (Phi) is 4.36. The van der Waals surface area contributed by atoms with Crippen molar-refractivity contribution < 1.29 is 0 Å². The molecule has 2 heterocycles. The SMILES string of the molecule is Clc1cc(NCCN2CCCCC2)ncn1. The zero-order chi connectivity index (χ0) is 11.2. The van der Waals surface area contributed by atoms with Crippen LogP contribution in [0.1, 0.15) is 19.3 Å². The van der Waals surface area contributed by atoms with Crippen molar-refractivity contribution in [2.45, 2.75) is 19.3 Å². The molecule has 1 aromatic rings. The first-order chi connectivity index (χ1) is 7.84. The quantitative estimate of drug-likeness (QED) is 0.818. The number of hydrogen-bond donors (Lipinski definition) is 1. The van der Waals surface area contributed by atoms with Crippen LogP contribution in [0.5, 0.6) is 0 Å². The Morgan fingerprint density at radius 2 is 2.06 bits per heavy atom. The minimum absolute atomic E-state index is 0.482. The van der Waals surface area contributed by atoms with Crippen molar-refractivity contribution in [2.75, 3.05) is 31.5 Å². The molecule has 1 aliphatic heterocycles. The van der Waals surface area contributed by atoms with Crippen LogP contribution in [0.15, 0.2) is 12.4 Å². The maximum atomic E-state index is 5.77. The second-order valence-electron chi connectivity index (χ2n) is 4.06. The first-order valence-corrected chi connectivity index (χ1v) is 6.16. The van der Waals surface area contributed by atoms with Crippen LogP contribution in [0.25, 0.3) is 0 Å². The Bertz CT molecular complexity index is 326. The Labute approximate surface area is 101 Å². The van der Waals surface area contributed by atoms with E-state index in [-0.39, 0.29) is 0 Å². The number of likely N-dealkylation sites (tertiary alicyclic amines) is 1. The van der Waals surface area contributed by atoms with Gasteiger partial charge in [-0.2, -0.15) is 0 Å². The first-order valence-electron chi connectivity index (χ1n) is 5.78. The number of aromatic nitrogens is 2. The normalized spacial score (nSPS) is 17.3. The Hall–Kier alpha value is -0.870. The van der Waals surface area contributed by atoms with Gasteiger partial charge >= 0.3 is 0 Å². The second-order valence-corrected chi connectivity index (χ2v) is 4.44. The number of anilines is 1. The van der Waals surface area contributed by atoms with Gasteiger partial charge in [-0.25, -0.2) is 9.97 Å². The van der Waals surface area contributed by atoms with Gasteiger partial charge in [-0.15, -0.1) is 0 Å². The lowest BCUT2D eigenvalue weighted by Crippen LogP contribution is -2.33. The van der Waals surface area contributed by atoms with Gasteiger partial charge in [0.25, 0.3) is 0 Å². The number of rotatable bonds is 4. The standard InChI is InChI=1S/C11H17ClN4/c12-10-8-11(15-9-14-10)13-4-7-16-5-2-1-3-6-16/h8-9H,1-7H2,(H,13,14,15). The lowest BCUT2D eigenvalue weighted by Gasteiger charge is -2.26. The molecular formula is C11H17ClN4. The van der Waals surface area contributed by atoms with Crippen LogP contribution >= 0.6 is 11.6 Å². The fraction of sp³-hybridized carbons (Fsp3) is 0.636. The third kappa shape index (κ3) is 3.61.